The smallest absolute Gasteiger partial charge is 0.336 e. The van der Waals surface area contributed by atoms with Crippen molar-refractivity contribution >= 4 is 22.8 Å². The van der Waals surface area contributed by atoms with Gasteiger partial charge in [-0.25, -0.2) is 9.78 Å². The summed E-state index contributed by atoms with van der Waals surface area (Å²) < 4.78 is 40.8. The van der Waals surface area contributed by atoms with Gasteiger partial charge in [0.05, 0.1) is 11.0 Å². The number of carbonyl (C=O) groups excluding carboxylic acids is 1. The second kappa shape index (κ2) is 7.30. The molecular weight excluding hydrogens is 357 g/mol. The average molecular weight is 376 g/mol. The molecule has 0 saturated heterocycles. The average Bonchev–Trinajstić information content (AvgIpc) is 2.93. The van der Waals surface area contributed by atoms with Crippen molar-refractivity contribution in [3.05, 3.63) is 59.4 Å². The van der Waals surface area contributed by atoms with Gasteiger partial charge in [-0.05, 0) is 49.2 Å². The molecule has 1 heterocycles. The van der Waals surface area contributed by atoms with Crippen LogP contribution in [0.3, 0.4) is 0 Å². The number of carbonyl (C=O) groups is 1. The van der Waals surface area contributed by atoms with Gasteiger partial charge in [-0.3, -0.25) is 0 Å². The third-order valence-corrected chi connectivity index (χ3v) is 4.01. The predicted molar refractivity (Wildman–Crippen MR) is 97.7 cm³/mol. The van der Waals surface area contributed by atoms with Crippen LogP contribution >= 0.6 is 0 Å². The van der Waals surface area contributed by atoms with E-state index in [0.717, 1.165) is 15.7 Å². The highest BCUT2D eigenvalue weighted by atomic mass is 19.4. The molecule has 0 unspecified atom stereocenters. The minimum absolute atomic E-state index is 0.0278. The Morgan fingerprint density at radius 2 is 1.78 bits per heavy atom. The summed E-state index contributed by atoms with van der Waals surface area (Å²) in [6.07, 6.45) is -4.57. The van der Waals surface area contributed by atoms with Crippen LogP contribution in [-0.4, -0.2) is 22.1 Å². The van der Waals surface area contributed by atoms with Gasteiger partial charge in [0.2, 0.25) is 5.82 Å². The van der Waals surface area contributed by atoms with Crippen molar-refractivity contribution in [3.8, 4) is 0 Å². The lowest BCUT2D eigenvalue weighted by Crippen LogP contribution is -2.32. The highest BCUT2D eigenvalue weighted by Crippen LogP contribution is 2.31. The van der Waals surface area contributed by atoms with Crippen molar-refractivity contribution in [2.24, 2.45) is 0 Å². The molecule has 2 N–H and O–H groups in total. The van der Waals surface area contributed by atoms with E-state index in [0.29, 0.717) is 11.2 Å². The summed E-state index contributed by atoms with van der Waals surface area (Å²) in [4.78, 5) is 15.7. The van der Waals surface area contributed by atoms with Crippen LogP contribution in [0.25, 0.3) is 11.0 Å². The van der Waals surface area contributed by atoms with Gasteiger partial charge in [-0.2, -0.15) is 13.2 Å². The first-order valence-corrected chi connectivity index (χ1v) is 8.39. The first-order chi connectivity index (χ1) is 12.7. The second-order valence-electron chi connectivity index (χ2n) is 6.33. The molecule has 2 aromatic carbocycles. The third kappa shape index (κ3) is 4.39. The summed E-state index contributed by atoms with van der Waals surface area (Å²) >= 11 is 0. The zero-order valence-electron chi connectivity index (χ0n) is 14.9. The van der Waals surface area contributed by atoms with E-state index >= 15 is 0 Å². The molecule has 0 fully saturated rings. The van der Waals surface area contributed by atoms with Crippen LogP contribution in [0.1, 0.15) is 17.0 Å². The number of imidazole rings is 1. The fourth-order valence-corrected chi connectivity index (χ4v) is 3.02. The molecule has 2 amide bonds. The number of aromatic nitrogens is 2. The minimum atomic E-state index is -4.57. The highest BCUT2D eigenvalue weighted by Gasteiger charge is 2.37. The third-order valence-electron chi connectivity index (χ3n) is 4.01. The molecule has 27 heavy (non-hydrogen) atoms. The number of halogens is 3. The SMILES string of the molecule is Cc1cc(C)cc(NC(=O)NCCn2c(C(F)(F)F)nc3ccccc32)c1. The normalized spacial score (nSPS) is 11.6. The van der Waals surface area contributed by atoms with E-state index in [2.05, 4.69) is 15.6 Å². The first-order valence-electron chi connectivity index (χ1n) is 8.39. The Morgan fingerprint density at radius 1 is 1.11 bits per heavy atom. The lowest BCUT2D eigenvalue weighted by atomic mass is 10.1. The number of hydrogen-bond acceptors (Lipinski definition) is 2. The van der Waals surface area contributed by atoms with E-state index in [1.807, 2.05) is 32.0 Å². The number of aryl methyl sites for hydroxylation is 2. The molecule has 0 bridgehead atoms. The van der Waals surface area contributed by atoms with Crippen LogP contribution in [0, 0.1) is 13.8 Å². The summed E-state index contributed by atoms with van der Waals surface area (Å²) in [6, 6.07) is 11.5. The molecule has 5 nitrogen and oxygen atoms in total. The Bertz CT molecular complexity index is 958. The number of urea groups is 1. The number of benzene rings is 2. The van der Waals surface area contributed by atoms with E-state index in [1.165, 1.54) is 6.07 Å². The number of hydrogen-bond donors (Lipinski definition) is 2. The van der Waals surface area contributed by atoms with Crippen LogP contribution < -0.4 is 10.6 Å². The van der Waals surface area contributed by atoms with Crippen LogP contribution in [0.15, 0.2) is 42.5 Å². The second-order valence-corrected chi connectivity index (χ2v) is 6.33. The van der Waals surface area contributed by atoms with E-state index < -0.39 is 18.0 Å². The largest absolute Gasteiger partial charge is 0.449 e. The fourth-order valence-electron chi connectivity index (χ4n) is 3.02. The maximum atomic E-state index is 13.3. The summed E-state index contributed by atoms with van der Waals surface area (Å²) in [6.45, 7) is 3.81. The molecule has 3 rings (SSSR count). The fraction of sp³-hybridized carbons (Fsp3) is 0.263. The number of anilines is 1. The van der Waals surface area contributed by atoms with Gasteiger partial charge < -0.3 is 15.2 Å². The number of amides is 2. The van der Waals surface area contributed by atoms with Crippen LogP contribution in [0.4, 0.5) is 23.7 Å². The summed E-state index contributed by atoms with van der Waals surface area (Å²) in [5.41, 5.74) is 3.29. The molecule has 0 saturated carbocycles. The number of rotatable bonds is 4. The van der Waals surface area contributed by atoms with E-state index in [4.69, 9.17) is 0 Å². The van der Waals surface area contributed by atoms with Gasteiger partial charge in [0.15, 0.2) is 0 Å². The summed E-state index contributed by atoms with van der Waals surface area (Å²) in [7, 11) is 0. The van der Waals surface area contributed by atoms with E-state index in [1.54, 1.807) is 18.2 Å². The van der Waals surface area contributed by atoms with E-state index in [-0.39, 0.29) is 18.6 Å². The lowest BCUT2D eigenvalue weighted by molar-refractivity contribution is -0.146. The Morgan fingerprint density at radius 3 is 2.44 bits per heavy atom. The molecule has 1 aromatic heterocycles. The molecule has 0 aliphatic carbocycles. The highest BCUT2D eigenvalue weighted by molar-refractivity contribution is 5.89. The van der Waals surface area contributed by atoms with Crippen LogP contribution in [-0.2, 0) is 12.7 Å². The van der Waals surface area contributed by atoms with Gasteiger partial charge in [0, 0.05) is 18.8 Å². The first kappa shape index (κ1) is 18.8. The molecule has 0 spiro atoms. The molecule has 0 radical (unpaired) electrons. The van der Waals surface area contributed by atoms with Gasteiger partial charge in [-0.1, -0.05) is 18.2 Å². The molecule has 0 atom stereocenters. The summed E-state index contributed by atoms with van der Waals surface area (Å²) in [5.74, 6) is -0.972. The Hall–Kier alpha value is -3.03. The maximum Gasteiger partial charge on any atom is 0.449 e. The Balaban J connectivity index is 1.69. The molecule has 0 aliphatic rings. The van der Waals surface area contributed by atoms with Gasteiger partial charge in [-0.15, -0.1) is 0 Å². The van der Waals surface area contributed by atoms with Crippen LogP contribution in [0.5, 0.6) is 0 Å². The maximum absolute atomic E-state index is 13.3. The van der Waals surface area contributed by atoms with E-state index in [9.17, 15) is 18.0 Å². The van der Waals surface area contributed by atoms with Gasteiger partial charge in [0.25, 0.3) is 0 Å². The van der Waals surface area contributed by atoms with Crippen LogP contribution in [0.2, 0.25) is 0 Å². The van der Waals surface area contributed by atoms with Gasteiger partial charge >= 0.3 is 12.2 Å². The standard InChI is InChI=1S/C19H19F3N4O/c1-12-9-13(2)11-14(10-12)24-18(27)23-7-8-26-16-6-4-3-5-15(16)25-17(26)19(20,21)22/h3-6,9-11H,7-8H2,1-2H3,(H2,23,24,27). The van der Waals surface area contributed by atoms with Crippen molar-refractivity contribution in [1.29, 1.82) is 0 Å². The lowest BCUT2D eigenvalue weighted by Gasteiger charge is -2.13. The van der Waals surface area contributed by atoms with Crippen molar-refractivity contribution in [2.45, 2.75) is 26.6 Å². The van der Waals surface area contributed by atoms with Crippen molar-refractivity contribution in [2.75, 3.05) is 11.9 Å². The molecule has 3 aromatic rings. The molecule has 0 aliphatic heterocycles. The minimum Gasteiger partial charge on any atom is -0.336 e. The number of para-hydroxylation sites is 2. The molecule has 142 valence electrons. The van der Waals surface area contributed by atoms with Crippen molar-refractivity contribution in [1.82, 2.24) is 14.9 Å². The number of fused-ring (bicyclic) bond motifs is 1. The van der Waals surface area contributed by atoms with Gasteiger partial charge in [0.1, 0.15) is 0 Å². The Kier molecular flexibility index (Phi) is 5.07. The Labute approximate surface area is 154 Å². The van der Waals surface area contributed by atoms with Crippen molar-refractivity contribution in [3.63, 3.8) is 0 Å². The topological polar surface area (TPSA) is 59.0 Å². The molecular formula is C19H19F3N4O. The number of alkyl halides is 3. The quantitative estimate of drug-likeness (QED) is 0.705. The predicted octanol–water partition coefficient (Wildman–Crippen LogP) is 4.49. The number of nitrogens with one attached hydrogen (secondary N) is 2. The zero-order chi connectivity index (χ0) is 19.6. The number of nitrogens with zero attached hydrogens (tertiary/aromatic N) is 2. The van der Waals surface area contributed by atoms with Crippen molar-refractivity contribution < 1.29 is 18.0 Å². The monoisotopic (exact) mass is 376 g/mol. The molecule has 8 heteroatoms. The summed E-state index contributed by atoms with van der Waals surface area (Å²) in [5, 5.41) is 5.27. The zero-order valence-corrected chi connectivity index (χ0v) is 14.9.